The Hall–Kier alpha value is -2.31. The quantitative estimate of drug-likeness (QED) is 0.905. The van der Waals surface area contributed by atoms with Crippen molar-refractivity contribution in [1.29, 1.82) is 0 Å². The van der Waals surface area contributed by atoms with Gasteiger partial charge in [-0.1, -0.05) is 18.5 Å². The number of hydrogen-bond donors (Lipinski definition) is 1. The minimum absolute atomic E-state index is 0.0248. The Labute approximate surface area is 142 Å². The summed E-state index contributed by atoms with van der Waals surface area (Å²) < 4.78 is 7.04. The van der Waals surface area contributed by atoms with Crippen LogP contribution < -0.4 is 5.32 Å². The first kappa shape index (κ1) is 16.5. The molecule has 0 saturated carbocycles. The fraction of sp³-hybridized carbons (Fsp3) is 0.588. The Kier molecular flexibility index (Phi) is 5.17. The van der Waals surface area contributed by atoms with Gasteiger partial charge in [0.1, 0.15) is 17.3 Å². The highest BCUT2D eigenvalue weighted by atomic mass is 16.5. The smallest absolute Gasteiger partial charge is 0.323 e. The normalized spacial score (nSPS) is 17.9. The van der Waals surface area contributed by atoms with E-state index in [-0.39, 0.29) is 12.1 Å². The van der Waals surface area contributed by atoms with Crippen molar-refractivity contribution in [2.24, 2.45) is 0 Å². The van der Waals surface area contributed by atoms with Gasteiger partial charge in [-0.2, -0.15) is 5.10 Å². The van der Waals surface area contributed by atoms with Crippen LogP contribution in [0.5, 0.6) is 0 Å². The molecule has 1 fully saturated rings. The number of aromatic nitrogens is 3. The SMILES string of the molecule is CCCCn1nccc1NC(=O)N1CCCCC1c1cc(C)on1. The van der Waals surface area contributed by atoms with Crippen LogP contribution in [-0.4, -0.2) is 32.4 Å². The molecule has 1 unspecified atom stereocenters. The second-order valence-corrected chi connectivity index (χ2v) is 6.29. The predicted molar refractivity (Wildman–Crippen MR) is 90.7 cm³/mol. The van der Waals surface area contributed by atoms with Crippen molar-refractivity contribution in [2.45, 2.75) is 58.5 Å². The molecule has 1 aliphatic rings. The number of aryl methyl sites for hydroxylation is 2. The zero-order valence-corrected chi connectivity index (χ0v) is 14.4. The standard InChI is InChI=1S/C17H25N5O2/c1-3-4-11-22-16(8-9-18-22)19-17(23)21-10-6-5-7-15(21)14-12-13(2)24-20-14/h8-9,12,15H,3-7,10-11H2,1-2H3,(H,19,23). The van der Waals surface area contributed by atoms with E-state index in [4.69, 9.17) is 4.52 Å². The van der Waals surface area contributed by atoms with Crippen molar-refractivity contribution in [3.05, 3.63) is 29.8 Å². The molecule has 2 amide bonds. The summed E-state index contributed by atoms with van der Waals surface area (Å²) in [5.74, 6) is 1.52. The molecule has 1 saturated heterocycles. The molecule has 0 spiro atoms. The van der Waals surface area contributed by atoms with Crippen LogP contribution in [0.15, 0.2) is 22.9 Å². The molecular formula is C17H25N5O2. The molecule has 3 heterocycles. The van der Waals surface area contributed by atoms with Crippen LogP contribution in [0, 0.1) is 6.92 Å². The van der Waals surface area contributed by atoms with E-state index in [1.807, 2.05) is 28.6 Å². The lowest BCUT2D eigenvalue weighted by Crippen LogP contribution is -2.41. The van der Waals surface area contributed by atoms with Crippen molar-refractivity contribution >= 4 is 11.8 Å². The largest absolute Gasteiger partial charge is 0.361 e. The molecule has 130 valence electrons. The molecule has 0 aromatic carbocycles. The molecule has 1 aliphatic heterocycles. The molecule has 0 radical (unpaired) electrons. The minimum atomic E-state index is -0.0985. The molecular weight excluding hydrogens is 306 g/mol. The van der Waals surface area contributed by atoms with Gasteiger partial charge in [-0.3, -0.25) is 5.32 Å². The van der Waals surface area contributed by atoms with Gasteiger partial charge in [-0.15, -0.1) is 0 Å². The number of rotatable bonds is 5. The van der Waals surface area contributed by atoms with Crippen molar-refractivity contribution < 1.29 is 9.32 Å². The highest BCUT2D eigenvalue weighted by Crippen LogP contribution is 2.31. The predicted octanol–water partition coefficient (Wildman–Crippen LogP) is 3.74. The molecule has 7 heteroatoms. The van der Waals surface area contributed by atoms with Gasteiger partial charge >= 0.3 is 6.03 Å². The van der Waals surface area contributed by atoms with E-state index < -0.39 is 0 Å². The average molecular weight is 331 g/mol. The summed E-state index contributed by atoms with van der Waals surface area (Å²) in [6, 6.07) is 3.64. The van der Waals surface area contributed by atoms with Gasteiger partial charge in [0.2, 0.25) is 0 Å². The zero-order valence-electron chi connectivity index (χ0n) is 14.4. The van der Waals surface area contributed by atoms with Crippen molar-refractivity contribution in [1.82, 2.24) is 19.8 Å². The second-order valence-electron chi connectivity index (χ2n) is 6.29. The fourth-order valence-electron chi connectivity index (χ4n) is 3.13. The lowest BCUT2D eigenvalue weighted by molar-refractivity contribution is 0.159. The number of carbonyl (C=O) groups is 1. The maximum absolute atomic E-state index is 12.8. The summed E-state index contributed by atoms with van der Waals surface area (Å²) >= 11 is 0. The van der Waals surface area contributed by atoms with E-state index in [1.165, 1.54) is 0 Å². The van der Waals surface area contributed by atoms with Gasteiger partial charge in [0.25, 0.3) is 0 Å². The number of nitrogens with one attached hydrogen (secondary N) is 1. The topological polar surface area (TPSA) is 76.2 Å². The van der Waals surface area contributed by atoms with E-state index in [1.54, 1.807) is 6.20 Å². The summed E-state index contributed by atoms with van der Waals surface area (Å²) in [5.41, 5.74) is 0.835. The second kappa shape index (κ2) is 7.51. The van der Waals surface area contributed by atoms with Crippen LogP contribution in [0.2, 0.25) is 0 Å². The van der Waals surface area contributed by atoms with Gasteiger partial charge in [0, 0.05) is 25.2 Å². The molecule has 1 N–H and O–H groups in total. The van der Waals surface area contributed by atoms with Gasteiger partial charge in [0.05, 0.1) is 12.2 Å². The van der Waals surface area contributed by atoms with Crippen LogP contribution >= 0.6 is 0 Å². The van der Waals surface area contributed by atoms with Gasteiger partial charge in [-0.05, 0) is 32.6 Å². The van der Waals surface area contributed by atoms with Gasteiger partial charge < -0.3 is 9.42 Å². The monoisotopic (exact) mass is 331 g/mol. The molecule has 24 heavy (non-hydrogen) atoms. The third-order valence-electron chi connectivity index (χ3n) is 4.43. The van der Waals surface area contributed by atoms with Crippen LogP contribution in [0.25, 0.3) is 0 Å². The van der Waals surface area contributed by atoms with Crippen LogP contribution in [0.3, 0.4) is 0 Å². The first-order chi connectivity index (χ1) is 11.7. The molecule has 1 atom stereocenters. The van der Waals surface area contributed by atoms with E-state index in [9.17, 15) is 4.79 Å². The van der Waals surface area contributed by atoms with E-state index >= 15 is 0 Å². The molecule has 0 aliphatic carbocycles. The van der Waals surface area contributed by atoms with E-state index in [2.05, 4.69) is 22.5 Å². The lowest BCUT2D eigenvalue weighted by atomic mass is 9.99. The number of anilines is 1. The Bertz CT molecular complexity index is 678. The number of piperidine rings is 1. The van der Waals surface area contributed by atoms with Gasteiger partial charge in [0.15, 0.2) is 0 Å². The highest BCUT2D eigenvalue weighted by molar-refractivity contribution is 5.88. The average Bonchev–Trinajstić information content (AvgIpc) is 3.22. The van der Waals surface area contributed by atoms with E-state index in [0.29, 0.717) is 0 Å². The molecule has 7 nitrogen and oxygen atoms in total. The Morgan fingerprint density at radius 2 is 2.33 bits per heavy atom. The molecule has 0 bridgehead atoms. The number of likely N-dealkylation sites (tertiary alicyclic amines) is 1. The molecule has 2 aromatic heterocycles. The Morgan fingerprint density at radius 3 is 3.08 bits per heavy atom. The summed E-state index contributed by atoms with van der Waals surface area (Å²) in [7, 11) is 0. The molecule has 2 aromatic rings. The van der Waals surface area contributed by atoms with Crippen LogP contribution in [-0.2, 0) is 6.54 Å². The fourth-order valence-corrected chi connectivity index (χ4v) is 3.13. The highest BCUT2D eigenvalue weighted by Gasteiger charge is 2.30. The van der Waals surface area contributed by atoms with Crippen molar-refractivity contribution in [3.8, 4) is 0 Å². The number of hydrogen-bond acceptors (Lipinski definition) is 4. The van der Waals surface area contributed by atoms with E-state index in [0.717, 1.165) is 62.5 Å². The number of amides is 2. The lowest BCUT2D eigenvalue weighted by Gasteiger charge is -2.34. The number of nitrogens with zero attached hydrogens (tertiary/aromatic N) is 4. The van der Waals surface area contributed by atoms with Crippen molar-refractivity contribution in [3.63, 3.8) is 0 Å². The van der Waals surface area contributed by atoms with Crippen molar-refractivity contribution in [2.75, 3.05) is 11.9 Å². The first-order valence-electron chi connectivity index (χ1n) is 8.71. The van der Waals surface area contributed by atoms with Crippen LogP contribution in [0.1, 0.15) is 56.5 Å². The summed E-state index contributed by atoms with van der Waals surface area (Å²) in [5, 5.41) is 11.4. The third-order valence-corrected chi connectivity index (χ3v) is 4.43. The summed E-state index contributed by atoms with van der Waals surface area (Å²) in [4.78, 5) is 14.7. The summed E-state index contributed by atoms with van der Waals surface area (Å²) in [6.07, 6.45) is 6.86. The maximum atomic E-state index is 12.8. The summed E-state index contributed by atoms with van der Waals surface area (Å²) in [6.45, 7) is 5.55. The maximum Gasteiger partial charge on any atom is 0.323 e. The number of urea groups is 1. The first-order valence-corrected chi connectivity index (χ1v) is 8.71. The molecule has 3 rings (SSSR count). The van der Waals surface area contributed by atoms with Gasteiger partial charge in [-0.25, -0.2) is 9.48 Å². The minimum Gasteiger partial charge on any atom is -0.361 e. The number of unbranched alkanes of at least 4 members (excludes halogenated alkanes) is 1. The number of carbonyl (C=O) groups excluding carboxylic acids is 1. The Morgan fingerprint density at radius 1 is 1.46 bits per heavy atom. The zero-order chi connectivity index (χ0) is 16.9. The van der Waals surface area contributed by atoms with Crippen LogP contribution in [0.4, 0.5) is 10.6 Å². The Balaban J connectivity index is 1.71. The third kappa shape index (κ3) is 3.60.